The molecule has 1 aromatic carbocycles. The normalized spacial score (nSPS) is 9.83. The average Bonchev–Trinajstić information content (AvgIpc) is 2.24. The second-order valence-corrected chi connectivity index (χ2v) is 4.36. The molecule has 0 aliphatic heterocycles. The van der Waals surface area contributed by atoms with E-state index in [-0.39, 0.29) is 16.8 Å². The van der Waals surface area contributed by atoms with Gasteiger partial charge in [-0.15, -0.1) is 0 Å². The summed E-state index contributed by atoms with van der Waals surface area (Å²) in [7, 11) is 0. The molecule has 0 aromatic heterocycles. The lowest BCUT2D eigenvalue weighted by atomic mass is 10.1. The van der Waals surface area contributed by atoms with Crippen molar-refractivity contribution in [2.75, 3.05) is 11.9 Å². The van der Waals surface area contributed by atoms with Crippen LogP contribution in [0.5, 0.6) is 0 Å². The Morgan fingerprint density at radius 2 is 1.72 bits per heavy atom. The number of carboxylic acids is 3. The zero-order valence-corrected chi connectivity index (χ0v) is 11.0. The van der Waals surface area contributed by atoms with Crippen LogP contribution in [-0.4, -0.2) is 39.8 Å². The van der Waals surface area contributed by atoms with Gasteiger partial charge in [0.2, 0.25) is 0 Å². The number of halogens is 1. The summed E-state index contributed by atoms with van der Waals surface area (Å²) in [6, 6.07) is 2.57. The summed E-state index contributed by atoms with van der Waals surface area (Å²) in [5.41, 5.74) is -0.741. The van der Waals surface area contributed by atoms with Crippen molar-refractivity contribution >= 4 is 46.2 Å². The van der Waals surface area contributed by atoms with Gasteiger partial charge in [-0.05, 0) is 34.7 Å². The van der Waals surface area contributed by atoms with Gasteiger partial charge in [-0.2, -0.15) is 0 Å². The molecule has 96 valence electrons. The van der Waals surface area contributed by atoms with Crippen molar-refractivity contribution in [1.82, 2.24) is 0 Å². The lowest BCUT2D eigenvalue weighted by Gasteiger charge is -2.12. The number of aromatic carboxylic acids is 2. The Bertz CT molecular complexity index is 527. The SMILES string of the molecule is O=C(O)CNc1c(C(=O)O)ccc(I)c1C(=O)O. The van der Waals surface area contributed by atoms with Gasteiger partial charge >= 0.3 is 17.9 Å². The van der Waals surface area contributed by atoms with Crippen LogP contribution in [-0.2, 0) is 4.79 Å². The Labute approximate surface area is 115 Å². The molecule has 0 spiro atoms. The van der Waals surface area contributed by atoms with Crippen LogP contribution in [0.4, 0.5) is 5.69 Å². The Hall–Kier alpha value is -1.84. The summed E-state index contributed by atoms with van der Waals surface area (Å²) in [5.74, 6) is -3.88. The van der Waals surface area contributed by atoms with Crippen LogP contribution < -0.4 is 5.32 Å². The highest BCUT2D eigenvalue weighted by Gasteiger charge is 2.21. The number of hydrogen-bond acceptors (Lipinski definition) is 4. The maximum Gasteiger partial charge on any atom is 0.338 e. The van der Waals surface area contributed by atoms with E-state index >= 15 is 0 Å². The predicted octanol–water partition coefficient (Wildman–Crippen LogP) is 1.18. The topological polar surface area (TPSA) is 124 Å². The molecule has 1 rings (SSSR count). The van der Waals surface area contributed by atoms with Gasteiger partial charge in [-0.25, -0.2) is 9.59 Å². The van der Waals surface area contributed by atoms with E-state index in [1.165, 1.54) is 12.1 Å². The number of carboxylic acid groups (broad SMARTS) is 3. The minimum atomic E-state index is -1.33. The number of rotatable bonds is 5. The molecule has 4 N–H and O–H groups in total. The molecule has 0 aliphatic rings. The molecule has 0 radical (unpaired) electrons. The van der Waals surface area contributed by atoms with Gasteiger partial charge in [0.25, 0.3) is 0 Å². The van der Waals surface area contributed by atoms with E-state index in [0.29, 0.717) is 3.57 Å². The van der Waals surface area contributed by atoms with Crippen molar-refractivity contribution < 1.29 is 29.7 Å². The molecule has 0 unspecified atom stereocenters. The Morgan fingerprint density at radius 3 is 2.17 bits per heavy atom. The standard InChI is InChI=1S/C10H8INO6/c11-5-2-1-4(9(15)16)8(7(5)10(17)18)12-3-6(13)14/h1-2,12H,3H2,(H,13,14)(H,15,16)(H,17,18). The minimum absolute atomic E-state index is 0.204. The van der Waals surface area contributed by atoms with Crippen molar-refractivity contribution in [3.8, 4) is 0 Å². The molecule has 0 atom stereocenters. The molecule has 8 heteroatoms. The monoisotopic (exact) mass is 365 g/mol. The van der Waals surface area contributed by atoms with Crippen molar-refractivity contribution in [2.45, 2.75) is 0 Å². The van der Waals surface area contributed by atoms with Crippen LogP contribution in [0.2, 0.25) is 0 Å². The van der Waals surface area contributed by atoms with E-state index in [9.17, 15) is 14.4 Å². The number of aliphatic carboxylic acids is 1. The highest BCUT2D eigenvalue weighted by atomic mass is 127. The summed E-state index contributed by atoms with van der Waals surface area (Å²) in [4.78, 5) is 32.5. The molecule has 0 amide bonds. The fourth-order valence-corrected chi connectivity index (χ4v) is 1.99. The summed E-state index contributed by atoms with van der Waals surface area (Å²) in [5, 5.41) is 28.8. The maximum atomic E-state index is 11.1. The van der Waals surface area contributed by atoms with Crippen LogP contribution in [0.15, 0.2) is 12.1 Å². The zero-order valence-electron chi connectivity index (χ0n) is 8.81. The highest BCUT2D eigenvalue weighted by molar-refractivity contribution is 14.1. The van der Waals surface area contributed by atoms with Gasteiger partial charge in [-0.3, -0.25) is 4.79 Å². The third-order valence-corrected chi connectivity index (χ3v) is 2.91. The zero-order chi connectivity index (χ0) is 13.9. The molecule has 0 fully saturated rings. The van der Waals surface area contributed by atoms with E-state index in [2.05, 4.69) is 5.32 Å². The van der Waals surface area contributed by atoms with Crippen LogP contribution in [0.1, 0.15) is 20.7 Å². The molecule has 1 aromatic rings. The third kappa shape index (κ3) is 3.09. The quantitative estimate of drug-likeness (QED) is 0.578. The van der Waals surface area contributed by atoms with E-state index in [0.717, 1.165) is 0 Å². The lowest BCUT2D eigenvalue weighted by molar-refractivity contribution is -0.134. The fourth-order valence-electron chi connectivity index (χ4n) is 1.31. The van der Waals surface area contributed by atoms with Gasteiger partial charge in [0, 0.05) is 3.57 Å². The van der Waals surface area contributed by atoms with Crippen molar-refractivity contribution in [2.24, 2.45) is 0 Å². The predicted molar refractivity (Wildman–Crippen MR) is 69.2 cm³/mol. The van der Waals surface area contributed by atoms with Gasteiger partial charge in [0.1, 0.15) is 6.54 Å². The first-order valence-corrected chi connectivity index (χ1v) is 5.67. The molecule has 0 aliphatic carbocycles. The Morgan fingerprint density at radius 1 is 1.11 bits per heavy atom. The van der Waals surface area contributed by atoms with E-state index in [4.69, 9.17) is 15.3 Å². The number of carbonyl (C=O) groups is 3. The van der Waals surface area contributed by atoms with Crippen LogP contribution in [0.25, 0.3) is 0 Å². The summed E-state index contributed by atoms with van der Waals surface area (Å²) in [6.45, 7) is -0.569. The Balaban J connectivity index is 3.38. The van der Waals surface area contributed by atoms with Crippen LogP contribution in [0, 0.1) is 3.57 Å². The molecular weight excluding hydrogens is 357 g/mol. The maximum absolute atomic E-state index is 11.1. The van der Waals surface area contributed by atoms with Crippen molar-refractivity contribution in [1.29, 1.82) is 0 Å². The first kappa shape index (κ1) is 14.2. The fraction of sp³-hybridized carbons (Fsp3) is 0.100. The molecule has 0 heterocycles. The van der Waals surface area contributed by atoms with E-state index in [1.54, 1.807) is 22.6 Å². The largest absolute Gasteiger partial charge is 0.480 e. The smallest absolute Gasteiger partial charge is 0.338 e. The number of benzene rings is 1. The van der Waals surface area contributed by atoms with Crippen LogP contribution >= 0.6 is 22.6 Å². The molecular formula is C10H8INO6. The second kappa shape index (κ2) is 5.67. The first-order valence-electron chi connectivity index (χ1n) is 4.59. The van der Waals surface area contributed by atoms with Crippen molar-refractivity contribution in [3.05, 3.63) is 26.8 Å². The third-order valence-electron chi connectivity index (χ3n) is 2.02. The molecule has 0 saturated carbocycles. The van der Waals surface area contributed by atoms with Gasteiger partial charge in [-0.1, -0.05) is 0 Å². The van der Waals surface area contributed by atoms with Gasteiger partial charge < -0.3 is 20.6 Å². The number of anilines is 1. The second-order valence-electron chi connectivity index (χ2n) is 3.20. The minimum Gasteiger partial charge on any atom is -0.480 e. The molecule has 18 heavy (non-hydrogen) atoms. The van der Waals surface area contributed by atoms with E-state index in [1.807, 2.05) is 0 Å². The van der Waals surface area contributed by atoms with Crippen LogP contribution in [0.3, 0.4) is 0 Å². The van der Waals surface area contributed by atoms with Gasteiger partial charge in [0.05, 0.1) is 16.8 Å². The summed E-state index contributed by atoms with van der Waals surface area (Å²) in [6.07, 6.45) is 0. The number of nitrogens with one attached hydrogen (secondary N) is 1. The van der Waals surface area contributed by atoms with Crippen molar-refractivity contribution in [3.63, 3.8) is 0 Å². The van der Waals surface area contributed by atoms with E-state index < -0.39 is 24.5 Å². The first-order chi connectivity index (χ1) is 8.34. The molecule has 0 bridgehead atoms. The Kier molecular flexibility index (Phi) is 4.48. The molecule has 0 saturated heterocycles. The average molecular weight is 365 g/mol. The summed E-state index contributed by atoms with van der Waals surface area (Å²) >= 11 is 1.74. The lowest BCUT2D eigenvalue weighted by Crippen LogP contribution is -2.18. The van der Waals surface area contributed by atoms with Gasteiger partial charge in [0.15, 0.2) is 0 Å². The molecule has 7 nitrogen and oxygen atoms in total. The number of hydrogen-bond donors (Lipinski definition) is 4. The summed E-state index contributed by atoms with van der Waals surface area (Å²) < 4.78 is 0.318. The highest BCUT2D eigenvalue weighted by Crippen LogP contribution is 2.26.